The van der Waals surface area contributed by atoms with Crippen LogP contribution in [0.4, 0.5) is 5.69 Å². The Morgan fingerprint density at radius 2 is 1.61 bits per heavy atom. The molecule has 3 aromatic carbocycles. The molecule has 1 aromatic heterocycles. The first-order valence-corrected chi connectivity index (χ1v) is 10.7. The normalized spacial score (nSPS) is 10.8. The van der Waals surface area contributed by atoms with Crippen LogP contribution in [0, 0.1) is 13.8 Å². The number of carbonyl (C=O) groups excluding carboxylic acids is 1. The molecule has 1 heterocycles. The number of methoxy groups -OCH3 is 1. The van der Waals surface area contributed by atoms with E-state index >= 15 is 0 Å². The molecule has 1 amide bonds. The SMILES string of the molecule is COCCOc1nc(-c2ccccc2C)n(-c2ccc(NC(=O)c3ccccc3C)cc2)n1. The van der Waals surface area contributed by atoms with Gasteiger partial charge in [0.05, 0.1) is 12.3 Å². The lowest BCUT2D eigenvalue weighted by atomic mass is 10.1. The summed E-state index contributed by atoms with van der Waals surface area (Å²) >= 11 is 0. The van der Waals surface area contributed by atoms with Crippen LogP contribution in [-0.2, 0) is 4.74 Å². The summed E-state index contributed by atoms with van der Waals surface area (Å²) in [5.74, 6) is 0.535. The van der Waals surface area contributed by atoms with Gasteiger partial charge in [-0.05, 0) is 55.3 Å². The van der Waals surface area contributed by atoms with E-state index in [0.29, 0.717) is 30.3 Å². The highest BCUT2D eigenvalue weighted by Gasteiger charge is 2.16. The fourth-order valence-electron chi connectivity index (χ4n) is 3.46. The number of ether oxygens (including phenoxy) is 2. The summed E-state index contributed by atoms with van der Waals surface area (Å²) < 4.78 is 12.5. The number of rotatable bonds is 8. The zero-order chi connectivity index (χ0) is 23.2. The van der Waals surface area contributed by atoms with Gasteiger partial charge in [0.15, 0.2) is 5.82 Å². The van der Waals surface area contributed by atoms with Gasteiger partial charge in [-0.15, -0.1) is 5.10 Å². The lowest BCUT2D eigenvalue weighted by Gasteiger charge is -2.10. The third-order valence-corrected chi connectivity index (χ3v) is 5.25. The van der Waals surface area contributed by atoms with Gasteiger partial charge in [-0.25, -0.2) is 4.68 Å². The molecule has 0 atom stereocenters. The highest BCUT2D eigenvalue weighted by molar-refractivity contribution is 6.05. The molecule has 168 valence electrons. The Hall–Kier alpha value is -3.97. The molecule has 0 aliphatic heterocycles. The number of hydrogen-bond donors (Lipinski definition) is 1. The Kier molecular flexibility index (Phi) is 6.80. The lowest BCUT2D eigenvalue weighted by molar-refractivity contribution is 0.102. The zero-order valence-electron chi connectivity index (χ0n) is 18.9. The summed E-state index contributed by atoms with van der Waals surface area (Å²) in [5.41, 5.74) is 5.12. The Bertz CT molecular complexity index is 1250. The van der Waals surface area contributed by atoms with Gasteiger partial charge in [0.1, 0.15) is 6.61 Å². The smallest absolute Gasteiger partial charge is 0.336 e. The zero-order valence-corrected chi connectivity index (χ0v) is 18.9. The quantitative estimate of drug-likeness (QED) is 0.396. The monoisotopic (exact) mass is 442 g/mol. The first-order chi connectivity index (χ1) is 16.1. The Balaban J connectivity index is 1.62. The van der Waals surface area contributed by atoms with Crippen LogP contribution in [0.5, 0.6) is 6.01 Å². The topological polar surface area (TPSA) is 78.3 Å². The summed E-state index contributed by atoms with van der Waals surface area (Å²) in [6.07, 6.45) is 0. The number of amides is 1. The van der Waals surface area contributed by atoms with E-state index in [9.17, 15) is 4.79 Å². The Labute approximate surface area is 193 Å². The number of carbonyl (C=O) groups is 1. The number of nitrogens with one attached hydrogen (secondary N) is 1. The molecule has 4 rings (SSSR count). The maximum Gasteiger partial charge on any atom is 0.336 e. The molecule has 0 saturated heterocycles. The van der Waals surface area contributed by atoms with E-state index in [1.165, 1.54) is 0 Å². The van der Waals surface area contributed by atoms with Crippen LogP contribution in [0.1, 0.15) is 21.5 Å². The first kappa shape index (κ1) is 22.2. The van der Waals surface area contributed by atoms with Crippen LogP contribution in [0.3, 0.4) is 0 Å². The van der Waals surface area contributed by atoms with Gasteiger partial charge in [0.25, 0.3) is 5.91 Å². The fraction of sp³-hybridized carbons (Fsp3) is 0.192. The molecule has 7 heteroatoms. The fourth-order valence-corrected chi connectivity index (χ4v) is 3.46. The number of anilines is 1. The van der Waals surface area contributed by atoms with Crippen molar-refractivity contribution in [1.29, 1.82) is 0 Å². The standard InChI is InChI=1S/C26H26N4O3/c1-18-8-4-6-10-22(18)24-28-26(33-17-16-32-3)29-30(24)21-14-12-20(13-15-21)27-25(31)23-11-7-5-9-19(23)2/h4-15H,16-17H2,1-3H3,(H,27,31). The van der Waals surface area contributed by atoms with Crippen molar-refractivity contribution in [2.75, 3.05) is 25.6 Å². The second-order valence-corrected chi connectivity index (χ2v) is 7.60. The third-order valence-electron chi connectivity index (χ3n) is 5.25. The summed E-state index contributed by atoms with van der Waals surface area (Å²) in [6, 6.07) is 23.3. The largest absolute Gasteiger partial charge is 0.460 e. The molecule has 0 saturated carbocycles. The lowest BCUT2D eigenvalue weighted by Crippen LogP contribution is -2.13. The Morgan fingerprint density at radius 1 is 0.909 bits per heavy atom. The molecule has 0 spiro atoms. The minimum Gasteiger partial charge on any atom is -0.460 e. The van der Waals surface area contributed by atoms with Gasteiger partial charge in [-0.3, -0.25) is 4.79 Å². The molecule has 1 N–H and O–H groups in total. The molecule has 4 aromatic rings. The highest BCUT2D eigenvalue weighted by atomic mass is 16.5. The minimum atomic E-state index is -0.143. The molecule has 7 nitrogen and oxygen atoms in total. The van der Waals surface area contributed by atoms with E-state index in [-0.39, 0.29) is 11.9 Å². The van der Waals surface area contributed by atoms with E-state index in [2.05, 4.69) is 15.4 Å². The summed E-state index contributed by atoms with van der Waals surface area (Å²) in [7, 11) is 1.62. The van der Waals surface area contributed by atoms with E-state index < -0.39 is 0 Å². The molecule has 0 fully saturated rings. The second-order valence-electron chi connectivity index (χ2n) is 7.60. The molecule has 0 bridgehead atoms. The highest BCUT2D eigenvalue weighted by Crippen LogP contribution is 2.27. The van der Waals surface area contributed by atoms with Gasteiger partial charge in [-0.2, -0.15) is 4.98 Å². The van der Waals surface area contributed by atoms with Crippen molar-refractivity contribution in [1.82, 2.24) is 14.8 Å². The summed E-state index contributed by atoms with van der Waals surface area (Å²) in [6.45, 7) is 4.76. The summed E-state index contributed by atoms with van der Waals surface area (Å²) in [4.78, 5) is 17.2. The van der Waals surface area contributed by atoms with E-state index in [1.54, 1.807) is 11.8 Å². The first-order valence-electron chi connectivity index (χ1n) is 10.7. The average molecular weight is 443 g/mol. The van der Waals surface area contributed by atoms with Crippen LogP contribution < -0.4 is 10.1 Å². The van der Waals surface area contributed by atoms with Crippen molar-refractivity contribution in [3.05, 3.63) is 89.5 Å². The molecule has 33 heavy (non-hydrogen) atoms. The van der Waals surface area contributed by atoms with Gasteiger partial charge in [-0.1, -0.05) is 42.5 Å². The van der Waals surface area contributed by atoms with Crippen LogP contribution in [0.25, 0.3) is 17.1 Å². The van der Waals surface area contributed by atoms with Crippen molar-refractivity contribution in [2.45, 2.75) is 13.8 Å². The van der Waals surface area contributed by atoms with Crippen LogP contribution in [0.15, 0.2) is 72.8 Å². The molecule has 0 radical (unpaired) electrons. The molecule has 0 aliphatic rings. The van der Waals surface area contributed by atoms with E-state index in [0.717, 1.165) is 22.4 Å². The molecule has 0 aliphatic carbocycles. The van der Waals surface area contributed by atoms with Gasteiger partial charge < -0.3 is 14.8 Å². The van der Waals surface area contributed by atoms with Crippen LogP contribution >= 0.6 is 0 Å². The van der Waals surface area contributed by atoms with Crippen molar-refractivity contribution in [2.24, 2.45) is 0 Å². The molecule has 0 unspecified atom stereocenters. The van der Waals surface area contributed by atoms with Crippen LogP contribution in [0.2, 0.25) is 0 Å². The van der Waals surface area contributed by atoms with Crippen molar-refractivity contribution >= 4 is 11.6 Å². The van der Waals surface area contributed by atoms with Gasteiger partial charge in [0.2, 0.25) is 0 Å². The second kappa shape index (κ2) is 10.1. The molecular formula is C26H26N4O3. The van der Waals surface area contributed by atoms with E-state index in [4.69, 9.17) is 9.47 Å². The predicted octanol–water partition coefficient (Wildman–Crippen LogP) is 4.83. The molecular weight excluding hydrogens is 416 g/mol. The van der Waals surface area contributed by atoms with E-state index in [1.807, 2.05) is 86.6 Å². The number of benzene rings is 3. The number of hydrogen-bond acceptors (Lipinski definition) is 5. The number of aromatic nitrogens is 3. The number of aryl methyl sites for hydroxylation is 2. The average Bonchev–Trinajstić information content (AvgIpc) is 3.24. The van der Waals surface area contributed by atoms with Crippen LogP contribution in [-0.4, -0.2) is 41.0 Å². The third kappa shape index (κ3) is 5.10. The van der Waals surface area contributed by atoms with Crippen molar-refractivity contribution in [3.8, 4) is 23.1 Å². The maximum absolute atomic E-state index is 12.6. The van der Waals surface area contributed by atoms with Crippen molar-refractivity contribution < 1.29 is 14.3 Å². The predicted molar refractivity (Wildman–Crippen MR) is 128 cm³/mol. The van der Waals surface area contributed by atoms with Gasteiger partial charge in [0, 0.05) is 23.9 Å². The maximum atomic E-state index is 12.6. The van der Waals surface area contributed by atoms with Gasteiger partial charge >= 0.3 is 6.01 Å². The minimum absolute atomic E-state index is 0.143. The number of nitrogens with zero attached hydrogens (tertiary/aromatic N) is 3. The Morgan fingerprint density at radius 3 is 2.30 bits per heavy atom. The summed E-state index contributed by atoms with van der Waals surface area (Å²) in [5, 5.41) is 7.51. The van der Waals surface area contributed by atoms with Crippen molar-refractivity contribution in [3.63, 3.8) is 0 Å².